The van der Waals surface area contributed by atoms with Crippen LogP contribution in [0.1, 0.15) is 0 Å². The van der Waals surface area contributed by atoms with Crippen molar-refractivity contribution in [2.45, 2.75) is 0 Å². The Kier molecular flexibility index (Phi) is 10.0. The van der Waals surface area contributed by atoms with Gasteiger partial charge in [-0.05, 0) is 35.4 Å². The largest absolute Gasteiger partial charge is 0.231 e. The summed E-state index contributed by atoms with van der Waals surface area (Å²) in [7, 11) is 0. The van der Waals surface area contributed by atoms with Gasteiger partial charge in [-0.15, -0.1) is 0 Å². The molecule has 4 nitrogen and oxygen atoms in total. The maximum Gasteiger partial charge on any atom is 0.231 e. The Labute approximate surface area is 133 Å². The molecule has 2 N–H and O–H groups in total. The highest BCUT2D eigenvalue weighted by Gasteiger charge is 1.96. The fourth-order valence-corrected chi connectivity index (χ4v) is 1.81. The van der Waals surface area contributed by atoms with Crippen molar-refractivity contribution in [3.05, 3.63) is 57.5 Å². The van der Waals surface area contributed by atoms with Crippen LogP contribution in [0.15, 0.2) is 57.5 Å². The van der Waals surface area contributed by atoms with Crippen molar-refractivity contribution in [1.82, 2.24) is 0 Å². The number of carbonyl (C=O) groups excluding carboxylic acids is 2. The monoisotopic (exact) mass is 396 g/mol. The molecule has 0 aliphatic heterocycles. The third-order valence-corrected chi connectivity index (χ3v) is 3.08. The summed E-state index contributed by atoms with van der Waals surface area (Å²) in [6.07, 6.45) is 1.50. The Morgan fingerprint density at radius 3 is 1.05 bits per heavy atom. The Hall–Kier alpha value is -1.84. The van der Waals surface area contributed by atoms with Gasteiger partial charge in [0.2, 0.25) is 12.2 Å². The minimum atomic E-state index is 0.750. The van der Waals surface area contributed by atoms with Crippen LogP contribution in [-0.2, 0) is 9.59 Å². The fourth-order valence-electron chi connectivity index (χ4n) is 1.28. The highest BCUT2D eigenvalue weighted by atomic mass is 79.9. The molecule has 0 aromatic heterocycles. The van der Waals surface area contributed by atoms with Gasteiger partial charge in [-0.25, -0.2) is 20.4 Å². The number of hydrogen-bond donors (Lipinski definition) is 2. The Bertz CT molecular complexity index is 528. The molecule has 0 aliphatic rings. The second kappa shape index (κ2) is 11.0. The Morgan fingerprint density at radius 2 is 0.850 bits per heavy atom. The highest BCUT2D eigenvalue weighted by molar-refractivity contribution is 9.10. The van der Waals surface area contributed by atoms with Gasteiger partial charge in [0.25, 0.3) is 0 Å². The number of rotatable bonds is 1. The maximum absolute atomic E-state index is 8.35. The zero-order valence-corrected chi connectivity index (χ0v) is 13.4. The molecule has 0 saturated carbocycles. The van der Waals surface area contributed by atoms with E-state index in [-0.39, 0.29) is 0 Å². The van der Waals surface area contributed by atoms with Gasteiger partial charge in [-0.3, -0.25) is 0 Å². The van der Waals surface area contributed by atoms with E-state index >= 15 is 0 Å². The molecule has 0 radical (unpaired) electrons. The van der Waals surface area contributed by atoms with Gasteiger partial charge in [0.15, 0.2) is 0 Å². The fraction of sp³-hybridized carbons (Fsp3) is 0. The van der Waals surface area contributed by atoms with Gasteiger partial charge in [-0.1, -0.05) is 56.1 Å². The lowest BCUT2D eigenvalue weighted by Gasteiger charge is -2.01. The predicted molar refractivity (Wildman–Crippen MR) is 84.1 cm³/mol. The number of benzene rings is 2. The molecule has 0 heterocycles. The van der Waals surface area contributed by atoms with Gasteiger partial charge in [0.05, 0.1) is 0 Å². The van der Waals surface area contributed by atoms with E-state index in [1.165, 1.54) is 11.1 Å². The molecule has 0 aliphatic carbocycles. The van der Waals surface area contributed by atoms with E-state index in [4.69, 9.17) is 20.4 Å². The molecule has 20 heavy (non-hydrogen) atoms. The molecule has 2 aromatic rings. The van der Waals surface area contributed by atoms with E-state index in [0.717, 1.165) is 21.1 Å². The van der Waals surface area contributed by atoms with Gasteiger partial charge in [0, 0.05) is 8.95 Å². The summed E-state index contributed by atoms with van der Waals surface area (Å²) in [4.78, 5) is 16.7. The van der Waals surface area contributed by atoms with E-state index in [2.05, 4.69) is 80.4 Å². The summed E-state index contributed by atoms with van der Waals surface area (Å²) in [5.74, 6) is 0. The van der Waals surface area contributed by atoms with E-state index in [1.807, 2.05) is 0 Å². The first kappa shape index (κ1) is 18.2. The molecular formula is C14H10Br2N2O2. The van der Waals surface area contributed by atoms with Crippen molar-refractivity contribution < 1.29 is 9.59 Å². The van der Waals surface area contributed by atoms with Gasteiger partial charge >= 0.3 is 0 Å². The molecule has 2 rings (SSSR count). The zero-order valence-electron chi connectivity index (χ0n) is 10.2. The molecule has 6 heteroatoms. The highest BCUT2D eigenvalue weighted by Crippen LogP contribution is 2.23. The summed E-state index contributed by atoms with van der Waals surface area (Å²) in [6, 6.07) is 16.6. The second-order valence-electron chi connectivity index (χ2n) is 3.22. The summed E-state index contributed by atoms with van der Waals surface area (Å²) >= 11 is 6.84. The first-order valence-electron chi connectivity index (χ1n) is 5.18. The van der Waals surface area contributed by atoms with Crippen LogP contribution in [0.2, 0.25) is 0 Å². The van der Waals surface area contributed by atoms with Crippen LogP contribution in [0.3, 0.4) is 0 Å². The number of hydrogen-bond acceptors (Lipinski definition) is 4. The molecular weight excluding hydrogens is 388 g/mol. The molecule has 0 saturated heterocycles. The molecule has 0 amide bonds. The Morgan fingerprint density at radius 1 is 0.650 bits per heavy atom. The van der Waals surface area contributed by atoms with Crippen molar-refractivity contribution in [1.29, 1.82) is 10.8 Å². The SMILES string of the molecule is Brc1ccc(-c2ccc(Br)cc2)cc1.N=C=O.N=C=O. The smallest absolute Gasteiger partial charge is 0.222 e. The third-order valence-electron chi connectivity index (χ3n) is 2.02. The van der Waals surface area contributed by atoms with E-state index in [0.29, 0.717) is 0 Å². The van der Waals surface area contributed by atoms with Crippen molar-refractivity contribution in [2.75, 3.05) is 0 Å². The molecule has 0 unspecified atom stereocenters. The zero-order chi connectivity index (χ0) is 15.4. The summed E-state index contributed by atoms with van der Waals surface area (Å²) in [6.45, 7) is 0. The van der Waals surface area contributed by atoms with Crippen LogP contribution < -0.4 is 0 Å². The third kappa shape index (κ3) is 7.56. The number of halogens is 2. The van der Waals surface area contributed by atoms with Crippen molar-refractivity contribution in [3.63, 3.8) is 0 Å². The molecule has 2 aromatic carbocycles. The first-order valence-corrected chi connectivity index (χ1v) is 6.76. The standard InChI is InChI=1S/C12H8Br2.2CHNO/c13-11-5-1-9(2-6-11)10-3-7-12(14)8-4-10;2*2-1-3/h1-8H;2*2H. The Balaban J connectivity index is 0.000000520. The van der Waals surface area contributed by atoms with Crippen molar-refractivity contribution in [2.24, 2.45) is 0 Å². The molecule has 0 fully saturated rings. The average Bonchev–Trinajstić information content (AvgIpc) is 2.42. The maximum atomic E-state index is 8.35. The minimum absolute atomic E-state index is 0.750. The van der Waals surface area contributed by atoms with Crippen LogP contribution in [0, 0.1) is 10.8 Å². The summed E-state index contributed by atoms with van der Waals surface area (Å²) < 4.78 is 2.22. The van der Waals surface area contributed by atoms with Crippen LogP contribution in [0.5, 0.6) is 0 Å². The average molecular weight is 398 g/mol. The van der Waals surface area contributed by atoms with Gasteiger partial charge in [-0.2, -0.15) is 0 Å². The van der Waals surface area contributed by atoms with Crippen molar-refractivity contribution >= 4 is 44.0 Å². The van der Waals surface area contributed by atoms with E-state index in [1.54, 1.807) is 0 Å². The van der Waals surface area contributed by atoms with Crippen LogP contribution in [0.25, 0.3) is 11.1 Å². The van der Waals surface area contributed by atoms with Crippen molar-refractivity contribution in [3.8, 4) is 11.1 Å². The van der Waals surface area contributed by atoms with Crippen LogP contribution >= 0.6 is 31.9 Å². The molecule has 102 valence electrons. The van der Waals surface area contributed by atoms with Crippen LogP contribution in [-0.4, -0.2) is 12.2 Å². The topological polar surface area (TPSA) is 81.8 Å². The minimum Gasteiger partial charge on any atom is -0.222 e. The summed E-state index contributed by atoms with van der Waals surface area (Å²) in [5.41, 5.74) is 2.47. The second-order valence-corrected chi connectivity index (χ2v) is 5.05. The van der Waals surface area contributed by atoms with E-state index in [9.17, 15) is 0 Å². The molecule has 0 atom stereocenters. The summed E-state index contributed by atoms with van der Waals surface area (Å²) in [5, 5.41) is 10.8. The van der Waals surface area contributed by atoms with E-state index < -0.39 is 0 Å². The molecule has 0 bridgehead atoms. The number of nitrogens with one attached hydrogen (secondary N) is 2. The number of isocyanates is 2. The van der Waals surface area contributed by atoms with Crippen LogP contribution in [0.4, 0.5) is 0 Å². The van der Waals surface area contributed by atoms with Gasteiger partial charge in [0.1, 0.15) is 0 Å². The lowest BCUT2D eigenvalue weighted by Crippen LogP contribution is -1.76. The quantitative estimate of drug-likeness (QED) is 0.540. The lowest BCUT2D eigenvalue weighted by atomic mass is 10.1. The normalized spacial score (nSPS) is 7.90. The first-order chi connectivity index (χ1) is 9.58. The predicted octanol–water partition coefficient (Wildman–Crippen LogP) is 4.68. The van der Waals surface area contributed by atoms with Gasteiger partial charge < -0.3 is 0 Å². The molecule has 0 spiro atoms. The lowest BCUT2D eigenvalue weighted by molar-refractivity contribution is 0.562.